The Bertz CT molecular complexity index is 933. The van der Waals surface area contributed by atoms with Gasteiger partial charge in [0.05, 0.1) is 18.7 Å². The lowest BCUT2D eigenvalue weighted by molar-refractivity contribution is -0.140. The first kappa shape index (κ1) is 19.5. The van der Waals surface area contributed by atoms with Crippen LogP contribution in [0.15, 0.2) is 47.6 Å². The fraction of sp³-hybridized carbons (Fsp3) is 0.333. The van der Waals surface area contributed by atoms with Gasteiger partial charge in [-0.05, 0) is 23.3 Å². The van der Waals surface area contributed by atoms with Crippen LogP contribution in [0.1, 0.15) is 25.3 Å². The lowest BCUT2D eigenvalue weighted by atomic mass is 10.0. The first-order valence-corrected chi connectivity index (χ1v) is 9.11. The van der Waals surface area contributed by atoms with Crippen LogP contribution in [-0.2, 0) is 25.8 Å². The summed E-state index contributed by atoms with van der Waals surface area (Å²) in [5.74, 6) is -0.887. The smallest absolute Gasteiger partial charge is 0.243 e. The second-order valence-electron chi connectivity index (χ2n) is 6.82. The third-order valence-corrected chi connectivity index (χ3v) is 4.73. The van der Waals surface area contributed by atoms with Crippen molar-refractivity contribution in [2.24, 2.45) is 5.16 Å². The molecule has 28 heavy (non-hydrogen) atoms. The van der Waals surface area contributed by atoms with E-state index >= 15 is 0 Å². The molecule has 3 rings (SSSR count). The molecule has 146 valence electrons. The maximum atomic E-state index is 12.8. The van der Waals surface area contributed by atoms with Gasteiger partial charge in [0.15, 0.2) is 0 Å². The number of hydrogen-bond donors (Lipinski definition) is 1. The Labute approximate surface area is 163 Å². The van der Waals surface area contributed by atoms with Crippen molar-refractivity contribution in [3.8, 4) is 0 Å². The molecule has 2 aromatic carbocycles. The normalized spacial score (nSPS) is 17.7. The SMILES string of the molecule is CON=C1C[C@@H](C(=O)NCc2cccc3ccccc23)N(C(=O)CC(C)=O)C1. The fourth-order valence-corrected chi connectivity index (χ4v) is 3.46. The number of ketones is 1. The van der Waals surface area contributed by atoms with E-state index in [9.17, 15) is 14.4 Å². The van der Waals surface area contributed by atoms with Crippen molar-refractivity contribution in [2.75, 3.05) is 13.7 Å². The number of fused-ring (bicyclic) bond motifs is 1. The van der Waals surface area contributed by atoms with E-state index in [-0.39, 0.29) is 30.6 Å². The molecule has 7 heteroatoms. The fourth-order valence-electron chi connectivity index (χ4n) is 3.46. The maximum absolute atomic E-state index is 12.8. The van der Waals surface area contributed by atoms with Gasteiger partial charge in [-0.15, -0.1) is 0 Å². The van der Waals surface area contributed by atoms with E-state index in [1.54, 1.807) is 0 Å². The van der Waals surface area contributed by atoms with E-state index in [2.05, 4.69) is 10.5 Å². The monoisotopic (exact) mass is 381 g/mol. The van der Waals surface area contributed by atoms with E-state index in [0.717, 1.165) is 16.3 Å². The molecule has 0 aromatic heterocycles. The van der Waals surface area contributed by atoms with Crippen molar-refractivity contribution in [3.05, 3.63) is 48.0 Å². The Balaban J connectivity index is 1.74. The van der Waals surface area contributed by atoms with Crippen molar-refractivity contribution in [1.82, 2.24) is 10.2 Å². The summed E-state index contributed by atoms with van der Waals surface area (Å²) in [5, 5.41) is 8.98. The van der Waals surface area contributed by atoms with Gasteiger partial charge in [-0.2, -0.15) is 0 Å². The Morgan fingerprint density at radius 3 is 2.68 bits per heavy atom. The summed E-state index contributed by atoms with van der Waals surface area (Å²) in [7, 11) is 1.42. The molecule has 7 nitrogen and oxygen atoms in total. The topological polar surface area (TPSA) is 88.1 Å². The number of benzene rings is 2. The van der Waals surface area contributed by atoms with Gasteiger partial charge in [0.2, 0.25) is 11.8 Å². The average molecular weight is 381 g/mol. The molecule has 0 radical (unpaired) electrons. The third-order valence-electron chi connectivity index (χ3n) is 4.73. The highest BCUT2D eigenvalue weighted by molar-refractivity contribution is 6.04. The molecule has 2 aromatic rings. The number of oxime groups is 1. The van der Waals surface area contributed by atoms with Crippen molar-refractivity contribution in [3.63, 3.8) is 0 Å². The molecular formula is C21H23N3O4. The molecule has 2 amide bonds. The van der Waals surface area contributed by atoms with Gasteiger partial charge in [0.25, 0.3) is 0 Å². The molecule has 1 aliphatic rings. The van der Waals surface area contributed by atoms with E-state index in [0.29, 0.717) is 18.7 Å². The number of amides is 2. The minimum Gasteiger partial charge on any atom is -0.399 e. The molecule has 1 fully saturated rings. The summed E-state index contributed by atoms with van der Waals surface area (Å²) >= 11 is 0. The summed E-state index contributed by atoms with van der Waals surface area (Å²) in [6, 6.07) is 13.2. The number of rotatable bonds is 6. The molecule has 0 unspecified atom stereocenters. The van der Waals surface area contributed by atoms with Crippen LogP contribution in [0.4, 0.5) is 0 Å². The van der Waals surface area contributed by atoms with Crippen LogP contribution >= 0.6 is 0 Å². The Morgan fingerprint density at radius 2 is 1.93 bits per heavy atom. The zero-order chi connectivity index (χ0) is 20.1. The lowest BCUT2D eigenvalue weighted by Gasteiger charge is -2.23. The second-order valence-corrected chi connectivity index (χ2v) is 6.82. The minimum atomic E-state index is -0.698. The summed E-state index contributed by atoms with van der Waals surface area (Å²) in [4.78, 5) is 42.7. The van der Waals surface area contributed by atoms with Crippen molar-refractivity contribution >= 4 is 34.1 Å². The second kappa shape index (κ2) is 8.65. The van der Waals surface area contributed by atoms with Gasteiger partial charge in [-0.3, -0.25) is 14.4 Å². The highest BCUT2D eigenvalue weighted by Crippen LogP contribution is 2.20. The van der Waals surface area contributed by atoms with E-state index in [1.165, 1.54) is 18.9 Å². The number of nitrogens with zero attached hydrogens (tertiary/aromatic N) is 2. The van der Waals surface area contributed by atoms with Gasteiger partial charge in [-0.25, -0.2) is 0 Å². The lowest BCUT2D eigenvalue weighted by Crippen LogP contribution is -2.46. The number of hydrogen-bond acceptors (Lipinski definition) is 5. The first-order valence-electron chi connectivity index (χ1n) is 9.11. The number of carbonyl (C=O) groups is 3. The van der Waals surface area contributed by atoms with Crippen LogP contribution in [0.3, 0.4) is 0 Å². The van der Waals surface area contributed by atoms with Crippen LogP contribution < -0.4 is 5.32 Å². The highest BCUT2D eigenvalue weighted by Gasteiger charge is 2.38. The molecule has 1 heterocycles. The quantitative estimate of drug-likeness (QED) is 0.613. The molecule has 0 spiro atoms. The van der Waals surface area contributed by atoms with Crippen molar-refractivity contribution in [1.29, 1.82) is 0 Å². The Hall–Kier alpha value is -3.22. The van der Waals surface area contributed by atoms with Gasteiger partial charge < -0.3 is 15.1 Å². The van der Waals surface area contributed by atoms with E-state index in [4.69, 9.17) is 4.84 Å². The van der Waals surface area contributed by atoms with Gasteiger partial charge in [-0.1, -0.05) is 47.6 Å². The van der Waals surface area contributed by atoms with Crippen LogP contribution in [0.2, 0.25) is 0 Å². The molecular weight excluding hydrogens is 358 g/mol. The molecule has 0 saturated carbocycles. The van der Waals surface area contributed by atoms with Gasteiger partial charge >= 0.3 is 0 Å². The minimum absolute atomic E-state index is 0.187. The molecule has 0 bridgehead atoms. The summed E-state index contributed by atoms with van der Waals surface area (Å²) in [6.07, 6.45) is 0.0617. The van der Waals surface area contributed by atoms with E-state index in [1.807, 2.05) is 42.5 Å². The zero-order valence-corrected chi connectivity index (χ0v) is 16.0. The van der Waals surface area contributed by atoms with Crippen molar-refractivity contribution < 1.29 is 19.2 Å². The number of nitrogens with one attached hydrogen (secondary N) is 1. The summed E-state index contributed by atoms with van der Waals surface area (Å²) in [5.41, 5.74) is 1.60. The largest absolute Gasteiger partial charge is 0.399 e. The van der Waals surface area contributed by atoms with Crippen LogP contribution in [0, 0.1) is 0 Å². The summed E-state index contributed by atoms with van der Waals surface area (Å²) < 4.78 is 0. The Kier molecular flexibility index (Phi) is 6.03. The van der Waals surface area contributed by atoms with Crippen molar-refractivity contribution in [2.45, 2.75) is 32.4 Å². The number of likely N-dealkylation sites (tertiary alicyclic amines) is 1. The molecule has 0 aliphatic carbocycles. The average Bonchev–Trinajstić information content (AvgIpc) is 3.10. The van der Waals surface area contributed by atoms with Gasteiger partial charge in [0.1, 0.15) is 18.9 Å². The predicted molar refractivity (Wildman–Crippen MR) is 106 cm³/mol. The highest BCUT2D eigenvalue weighted by atomic mass is 16.6. The molecule has 1 N–H and O–H groups in total. The predicted octanol–water partition coefficient (Wildman–Crippen LogP) is 2.04. The zero-order valence-electron chi connectivity index (χ0n) is 16.0. The summed E-state index contributed by atoms with van der Waals surface area (Å²) in [6.45, 7) is 1.89. The van der Waals surface area contributed by atoms with E-state index < -0.39 is 6.04 Å². The Morgan fingerprint density at radius 1 is 1.18 bits per heavy atom. The maximum Gasteiger partial charge on any atom is 0.243 e. The number of carbonyl (C=O) groups excluding carboxylic acids is 3. The molecule has 1 atom stereocenters. The standard InChI is InChI=1S/C21H23N3O4/c1-14(25)10-20(26)24-13-17(23-28-2)11-19(24)21(27)22-12-16-8-5-7-15-6-3-4-9-18(15)16/h3-9,19H,10-13H2,1-2H3,(H,22,27)/t19-/m0/s1. The number of Topliss-reactive ketones (excluding diaryl/α,β-unsaturated/α-hetero) is 1. The molecule has 1 aliphatic heterocycles. The van der Waals surface area contributed by atoms with Crippen LogP contribution in [0.5, 0.6) is 0 Å². The van der Waals surface area contributed by atoms with Gasteiger partial charge in [0, 0.05) is 13.0 Å². The first-order chi connectivity index (χ1) is 13.5. The third kappa shape index (κ3) is 4.36. The van der Waals surface area contributed by atoms with Crippen LogP contribution in [0.25, 0.3) is 10.8 Å². The van der Waals surface area contributed by atoms with Crippen LogP contribution in [-0.4, -0.2) is 47.9 Å². The molecule has 1 saturated heterocycles.